The van der Waals surface area contributed by atoms with Crippen LogP contribution in [0.5, 0.6) is 0 Å². The summed E-state index contributed by atoms with van der Waals surface area (Å²) in [5.74, 6) is 0.252. The molecule has 0 radical (unpaired) electrons. The molecule has 3 rings (SSSR count). The normalized spacial score (nSPS) is 11.0. The first kappa shape index (κ1) is 19.0. The van der Waals surface area contributed by atoms with Crippen LogP contribution < -0.4 is 15.8 Å². The van der Waals surface area contributed by atoms with Crippen molar-refractivity contribution in [1.29, 1.82) is 0 Å². The number of hydrogen-bond acceptors (Lipinski definition) is 6. The number of anilines is 1. The zero-order chi connectivity index (χ0) is 19.6. The van der Waals surface area contributed by atoms with Crippen LogP contribution in [0.25, 0.3) is 11.0 Å². The predicted octanol–water partition coefficient (Wildman–Crippen LogP) is 2.24. The van der Waals surface area contributed by atoms with Gasteiger partial charge in [-0.25, -0.2) is 9.97 Å². The number of carbonyl (C=O) groups is 1. The van der Waals surface area contributed by atoms with Crippen LogP contribution in [0.3, 0.4) is 0 Å². The van der Waals surface area contributed by atoms with Crippen molar-refractivity contribution in [1.82, 2.24) is 19.9 Å². The van der Waals surface area contributed by atoms with Gasteiger partial charge < -0.3 is 14.8 Å². The summed E-state index contributed by atoms with van der Waals surface area (Å²) in [6, 6.07) is 7.46. The number of para-hydroxylation sites is 2. The second-order valence-corrected chi connectivity index (χ2v) is 7.84. The van der Waals surface area contributed by atoms with E-state index in [1.54, 1.807) is 34.9 Å². The minimum atomic E-state index is -0.197. The Kier molecular flexibility index (Phi) is 5.55. The molecule has 0 aliphatic heterocycles. The maximum Gasteiger partial charge on any atom is 0.293 e. The van der Waals surface area contributed by atoms with Gasteiger partial charge in [-0.15, -0.1) is 11.3 Å². The molecule has 1 aromatic carbocycles. The Labute approximate surface area is 161 Å². The number of hydrogen-bond donors (Lipinski definition) is 1. The maximum absolute atomic E-state index is 12.8. The highest BCUT2D eigenvalue weighted by molar-refractivity contribution is 7.11. The van der Waals surface area contributed by atoms with Gasteiger partial charge in [0.15, 0.2) is 5.82 Å². The molecule has 0 atom stereocenters. The lowest BCUT2D eigenvalue weighted by atomic mass is 10.2. The number of carbonyl (C=O) groups excluding carboxylic acids is 1. The number of nitrogens with one attached hydrogen (secondary N) is 1. The van der Waals surface area contributed by atoms with Gasteiger partial charge in [-0.1, -0.05) is 12.1 Å². The maximum atomic E-state index is 12.8. The molecule has 2 aromatic heterocycles. The van der Waals surface area contributed by atoms with E-state index in [9.17, 15) is 9.59 Å². The average molecular weight is 385 g/mol. The summed E-state index contributed by atoms with van der Waals surface area (Å²) >= 11 is 1.59. The number of aryl methyl sites for hydroxylation is 3. The third-order valence-electron chi connectivity index (χ3n) is 4.33. The summed E-state index contributed by atoms with van der Waals surface area (Å²) < 4.78 is 1.62. The van der Waals surface area contributed by atoms with E-state index in [-0.39, 0.29) is 17.9 Å². The molecule has 0 saturated heterocycles. The molecule has 27 heavy (non-hydrogen) atoms. The third kappa shape index (κ3) is 4.16. The Bertz CT molecular complexity index is 1020. The lowest BCUT2D eigenvalue weighted by Gasteiger charge is -2.16. The highest BCUT2D eigenvalue weighted by Crippen LogP contribution is 2.16. The Morgan fingerprint density at radius 3 is 2.63 bits per heavy atom. The molecule has 1 N–H and O–H groups in total. The quantitative estimate of drug-likeness (QED) is 0.704. The second-order valence-electron chi connectivity index (χ2n) is 6.55. The Morgan fingerprint density at radius 2 is 1.96 bits per heavy atom. The van der Waals surface area contributed by atoms with Crippen LogP contribution in [0.2, 0.25) is 0 Å². The summed E-state index contributed by atoms with van der Waals surface area (Å²) in [6.07, 6.45) is 0.212. The van der Waals surface area contributed by atoms with Crippen LogP contribution in [-0.2, 0) is 17.9 Å². The minimum Gasteiger partial charge on any atom is -0.358 e. The number of nitrogens with zero attached hydrogens (tertiary/aromatic N) is 4. The molecule has 0 aliphatic rings. The van der Waals surface area contributed by atoms with Crippen molar-refractivity contribution in [3.63, 3.8) is 0 Å². The first-order valence-corrected chi connectivity index (χ1v) is 9.55. The first-order chi connectivity index (χ1) is 12.9. The van der Waals surface area contributed by atoms with Crippen LogP contribution in [0, 0.1) is 13.8 Å². The molecule has 8 heteroatoms. The van der Waals surface area contributed by atoms with Gasteiger partial charge in [0.2, 0.25) is 5.91 Å². The van der Waals surface area contributed by atoms with E-state index in [4.69, 9.17) is 0 Å². The van der Waals surface area contributed by atoms with Crippen LogP contribution in [0.4, 0.5) is 5.82 Å². The van der Waals surface area contributed by atoms with E-state index in [1.807, 2.05) is 38.1 Å². The summed E-state index contributed by atoms with van der Waals surface area (Å²) in [5, 5.41) is 3.77. The Morgan fingerprint density at radius 1 is 1.22 bits per heavy atom. The molecule has 7 nitrogen and oxygen atoms in total. The molecular formula is C19H23N5O2S. The monoisotopic (exact) mass is 385 g/mol. The second kappa shape index (κ2) is 7.87. The molecule has 1 amide bonds. The van der Waals surface area contributed by atoms with Gasteiger partial charge in [0.25, 0.3) is 5.56 Å². The smallest absolute Gasteiger partial charge is 0.293 e. The van der Waals surface area contributed by atoms with Crippen LogP contribution in [-0.4, -0.2) is 34.5 Å². The van der Waals surface area contributed by atoms with Gasteiger partial charge in [0.05, 0.1) is 23.3 Å². The van der Waals surface area contributed by atoms with Crippen LogP contribution in [0.15, 0.2) is 29.1 Å². The molecule has 2 heterocycles. The minimum absolute atomic E-state index is 0.111. The molecule has 0 fully saturated rings. The molecule has 0 aliphatic carbocycles. The molecule has 0 bridgehead atoms. The molecule has 0 saturated carbocycles. The number of benzene rings is 1. The Hall–Kier alpha value is -2.74. The van der Waals surface area contributed by atoms with Gasteiger partial charge >= 0.3 is 0 Å². The van der Waals surface area contributed by atoms with Crippen molar-refractivity contribution in [3.05, 3.63) is 50.2 Å². The van der Waals surface area contributed by atoms with E-state index < -0.39 is 0 Å². The van der Waals surface area contributed by atoms with Crippen LogP contribution in [0.1, 0.15) is 22.0 Å². The van der Waals surface area contributed by atoms with Gasteiger partial charge in [-0.3, -0.25) is 9.59 Å². The summed E-state index contributed by atoms with van der Waals surface area (Å²) in [6.45, 7) is 4.68. The van der Waals surface area contributed by atoms with Crippen molar-refractivity contribution >= 4 is 34.1 Å². The predicted molar refractivity (Wildman–Crippen MR) is 108 cm³/mol. The molecular weight excluding hydrogens is 362 g/mol. The topological polar surface area (TPSA) is 80.1 Å². The fourth-order valence-corrected chi connectivity index (χ4v) is 3.66. The summed E-state index contributed by atoms with van der Waals surface area (Å²) in [4.78, 5) is 36.8. The standard InChI is InChI=1S/C19H23N5O2S/c1-12-13(2)27-17(21-12)11-20-16(25)9-10-24-15-8-6-5-7-14(15)22-18(19(24)26)23(3)4/h5-8H,9-11H2,1-4H3,(H,20,25). The number of thiazole rings is 1. The van der Waals surface area contributed by atoms with Gasteiger partial charge in [-0.05, 0) is 26.0 Å². The van der Waals surface area contributed by atoms with E-state index in [2.05, 4.69) is 15.3 Å². The lowest BCUT2D eigenvalue weighted by molar-refractivity contribution is -0.121. The molecule has 3 aromatic rings. The fourth-order valence-electron chi connectivity index (χ4n) is 2.78. The molecule has 0 unspecified atom stereocenters. The lowest BCUT2D eigenvalue weighted by Crippen LogP contribution is -2.31. The first-order valence-electron chi connectivity index (χ1n) is 8.73. The summed E-state index contributed by atoms with van der Waals surface area (Å²) in [7, 11) is 3.57. The fraction of sp³-hybridized carbons (Fsp3) is 0.368. The van der Waals surface area contributed by atoms with E-state index in [0.29, 0.717) is 18.9 Å². The summed E-state index contributed by atoms with van der Waals surface area (Å²) in [5.41, 5.74) is 2.26. The van der Waals surface area contributed by atoms with E-state index >= 15 is 0 Å². The third-order valence-corrected chi connectivity index (χ3v) is 5.40. The largest absolute Gasteiger partial charge is 0.358 e. The van der Waals surface area contributed by atoms with E-state index in [0.717, 1.165) is 26.6 Å². The zero-order valence-electron chi connectivity index (χ0n) is 15.9. The number of fused-ring (bicyclic) bond motifs is 1. The van der Waals surface area contributed by atoms with E-state index in [1.165, 1.54) is 0 Å². The van der Waals surface area contributed by atoms with Crippen molar-refractivity contribution in [2.45, 2.75) is 33.4 Å². The van der Waals surface area contributed by atoms with Crippen LogP contribution >= 0.6 is 11.3 Å². The van der Waals surface area contributed by atoms with Crippen molar-refractivity contribution < 1.29 is 4.79 Å². The molecule has 142 valence electrons. The average Bonchev–Trinajstić information content (AvgIpc) is 2.96. The number of aromatic nitrogens is 3. The van der Waals surface area contributed by atoms with Gasteiger partial charge in [0.1, 0.15) is 5.01 Å². The molecule has 0 spiro atoms. The number of amides is 1. The highest BCUT2D eigenvalue weighted by Gasteiger charge is 2.13. The van der Waals surface area contributed by atoms with Crippen molar-refractivity contribution in [2.75, 3.05) is 19.0 Å². The SMILES string of the molecule is Cc1nc(CNC(=O)CCn2c(=O)c(N(C)C)nc3ccccc32)sc1C. The van der Waals surface area contributed by atoms with Gasteiger partial charge in [-0.2, -0.15) is 0 Å². The van der Waals surface area contributed by atoms with Gasteiger partial charge in [0, 0.05) is 31.9 Å². The Balaban J connectivity index is 1.75. The number of rotatable bonds is 6. The van der Waals surface area contributed by atoms with Crippen molar-refractivity contribution in [2.24, 2.45) is 0 Å². The highest BCUT2D eigenvalue weighted by atomic mass is 32.1. The zero-order valence-corrected chi connectivity index (χ0v) is 16.8. The van der Waals surface area contributed by atoms with Crippen molar-refractivity contribution in [3.8, 4) is 0 Å².